The molecule has 0 spiro atoms. The van der Waals surface area contributed by atoms with E-state index in [0.717, 1.165) is 37.9 Å². The fourth-order valence-corrected chi connectivity index (χ4v) is 4.70. The van der Waals surface area contributed by atoms with Crippen LogP contribution in [0.15, 0.2) is 109 Å². The molecule has 0 radical (unpaired) electrons. The minimum Gasteiger partial charge on any atom is -0.457 e. The average molecular weight is 412 g/mol. The van der Waals surface area contributed by atoms with Crippen LogP contribution in [0.4, 0.5) is 0 Å². The van der Waals surface area contributed by atoms with Gasteiger partial charge >= 0.3 is 5.97 Å². The second-order valence-corrected chi connectivity index (χ2v) is 8.07. The van der Waals surface area contributed by atoms with E-state index in [0.29, 0.717) is 5.56 Å². The Bertz CT molecular complexity index is 1590. The van der Waals surface area contributed by atoms with Gasteiger partial charge < -0.3 is 4.74 Å². The lowest BCUT2D eigenvalue weighted by atomic mass is 9.96. The molecule has 0 fully saturated rings. The van der Waals surface area contributed by atoms with Crippen molar-refractivity contribution in [3.8, 4) is 0 Å². The van der Waals surface area contributed by atoms with Crippen molar-refractivity contribution >= 4 is 49.1 Å². The lowest BCUT2D eigenvalue weighted by molar-refractivity contribution is 0.0479. The number of benzene rings is 6. The third kappa shape index (κ3) is 3.00. The SMILES string of the molecule is O=C(OCc1cc2ccccc2c2ccccc12)c1c2ccccc2cc2ccccc12. The molecule has 6 aromatic carbocycles. The molecule has 0 bridgehead atoms. The first-order valence-corrected chi connectivity index (χ1v) is 10.8. The molecule has 0 unspecified atom stereocenters. The highest BCUT2D eigenvalue weighted by Gasteiger charge is 2.17. The first-order chi connectivity index (χ1) is 15.8. The average Bonchev–Trinajstić information content (AvgIpc) is 2.85. The van der Waals surface area contributed by atoms with Crippen molar-refractivity contribution in [2.75, 3.05) is 0 Å². The maximum atomic E-state index is 13.4. The van der Waals surface area contributed by atoms with Crippen LogP contribution in [0.2, 0.25) is 0 Å². The number of fused-ring (bicyclic) bond motifs is 5. The minimum atomic E-state index is -0.296. The van der Waals surface area contributed by atoms with Gasteiger partial charge in [-0.3, -0.25) is 0 Å². The van der Waals surface area contributed by atoms with Crippen LogP contribution >= 0.6 is 0 Å². The number of esters is 1. The van der Waals surface area contributed by atoms with E-state index in [-0.39, 0.29) is 12.6 Å². The van der Waals surface area contributed by atoms with Gasteiger partial charge in [0.05, 0.1) is 5.56 Å². The number of carbonyl (C=O) groups excluding carboxylic acids is 1. The molecule has 0 aliphatic heterocycles. The van der Waals surface area contributed by atoms with E-state index in [2.05, 4.69) is 42.5 Å². The highest BCUT2D eigenvalue weighted by Crippen LogP contribution is 2.31. The zero-order valence-electron chi connectivity index (χ0n) is 17.4. The Balaban J connectivity index is 1.45. The molecule has 0 aliphatic rings. The largest absolute Gasteiger partial charge is 0.457 e. The van der Waals surface area contributed by atoms with Gasteiger partial charge in [-0.05, 0) is 60.8 Å². The summed E-state index contributed by atoms with van der Waals surface area (Å²) in [5, 5.41) is 8.54. The molecule has 0 N–H and O–H groups in total. The molecule has 0 saturated carbocycles. The molecule has 6 aromatic rings. The molecule has 2 nitrogen and oxygen atoms in total. The Hall–Kier alpha value is -4.17. The van der Waals surface area contributed by atoms with Gasteiger partial charge in [-0.25, -0.2) is 4.79 Å². The number of hydrogen-bond acceptors (Lipinski definition) is 2. The van der Waals surface area contributed by atoms with Gasteiger partial charge in [0.1, 0.15) is 6.61 Å². The van der Waals surface area contributed by atoms with Crippen LogP contribution in [-0.2, 0) is 11.3 Å². The Morgan fingerprint density at radius 2 is 1.00 bits per heavy atom. The van der Waals surface area contributed by atoms with Gasteiger partial charge in [-0.15, -0.1) is 0 Å². The van der Waals surface area contributed by atoms with Crippen molar-refractivity contribution in [2.24, 2.45) is 0 Å². The Kier molecular flexibility index (Phi) is 4.36. The summed E-state index contributed by atoms with van der Waals surface area (Å²) in [6.45, 7) is 0.224. The van der Waals surface area contributed by atoms with E-state index in [1.807, 2.05) is 66.7 Å². The minimum absolute atomic E-state index is 0.224. The molecule has 0 aliphatic carbocycles. The number of hydrogen-bond donors (Lipinski definition) is 0. The van der Waals surface area contributed by atoms with E-state index >= 15 is 0 Å². The number of carbonyl (C=O) groups is 1. The highest BCUT2D eigenvalue weighted by molar-refractivity contribution is 6.16. The number of rotatable bonds is 3. The standard InChI is InChI=1S/C30H20O2/c31-30(29-26-14-5-2-10-21(26)17-22-11-3-6-15-27(22)29)32-19-23-18-20-9-1-4-12-24(20)28-16-8-7-13-25(23)28/h1-18H,19H2. The van der Waals surface area contributed by atoms with E-state index in [1.54, 1.807) is 0 Å². The molecule has 0 atom stereocenters. The van der Waals surface area contributed by atoms with E-state index < -0.39 is 0 Å². The maximum Gasteiger partial charge on any atom is 0.339 e. The second-order valence-electron chi connectivity index (χ2n) is 8.07. The van der Waals surface area contributed by atoms with Crippen molar-refractivity contribution in [3.63, 3.8) is 0 Å². The Morgan fingerprint density at radius 3 is 1.62 bits per heavy atom. The van der Waals surface area contributed by atoms with Gasteiger partial charge in [0.2, 0.25) is 0 Å². The summed E-state index contributed by atoms with van der Waals surface area (Å²) in [6, 6.07) is 36.8. The van der Waals surface area contributed by atoms with Gasteiger partial charge in [-0.2, -0.15) is 0 Å². The lowest BCUT2D eigenvalue weighted by Gasteiger charge is -2.13. The van der Waals surface area contributed by atoms with Crippen molar-refractivity contribution in [2.45, 2.75) is 6.61 Å². The Morgan fingerprint density at radius 1 is 0.531 bits per heavy atom. The fraction of sp³-hybridized carbons (Fsp3) is 0.0333. The van der Waals surface area contributed by atoms with E-state index in [9.17, 15) is 4.79 Å². The number of ether oxygens (including phenoxy) is 1. The second kappa shape index (κ2) is 7.51. The molecule has 0 amide bonds. The summed E-state index contributed by atoms with van der Waals surface area (Å²) in [4.78, 5) is 13.4. The summed E-state index contributed by atoms with van der Waals surface area (Å²) in [7, 11) is 0. The van der Waals surface area contributed by atoms with Crippen LogP contribution in [0, 0.1) is 0 Å². The molecule has 0 aromatic heterocycles. The summed E-state index contributed by atoms with van der Waals surface area (Å²) < 4.78 is 5.95. The van der Waals surface area contributed by atoms with Crippen LogP contribution in [0.5, 0.6) is 0 Å². The third-order valence-corrected chi connectivity index (χ3v) is 6.19. The topological polar surface area (TPSA) is 26.3 Å². The monoisotopic (exact) mass is 412 g/mol. The molecule has 2 heteroatoms. The van der Waals surface area contributed by atoms with Gasteiger partial charge in [0.15, 0.2) is 0 Å². The zero-order chi connectivity index (χ0) is 21.5. The summed E-state index contributed by atoms with van der Waals surface area (Å²) in [5.74, 6) is -0.296. The molecule has 0 saturated heterocycles. The highest BCUT2D eigenvalue weighted by atomic mass is 16.5. The maximum absolute atomic E-state index is 13.4. The molecular weight excluding hydrogens is 392 g/mol. The lowest BCUT2D eigenvalue weighted by Crippen LogP contribution is -2.07. The first-order valence-electron chi connectivity index (χ1n) is 10.8. The van der Waals surface area contributed by atoms with Crippen LogP contribution in [-0.4, -0.2) is 5.97 Å². The molecular formula is C30H20O2. The van der Waals surface area contributed by atoms with Crippen molar-refractivity contribution in [1.82, 2.24) is 0 Å². The first kappa shape index (κ1) is 18.6. The van der Waals surface area contributed by atoms with Crippen molar-refractivity contribution in [3.05, 3.63) is 120 Å². The summed E-state index contributed by atoms with van der Waals surface area (Å²) in [5.41, 5.74) is 1.64. The zero-order valence-corrected chi connectivity index (χ0v) is 17.4. The fourth-order valence-electron chi connectivity index (χ4n) is 4.70. The molecule has 0 heterocycles. The van der Waals surface area contributed by atoms with Crippen molar-refractivity contribution in [1.29, 1.82) is 0 Å². The van der Waals surface area contributed by atoms with Crippen LogP contribution in [0.25, 0.3) is 43.1 Å². The van der Waals surface area contributed by atoms with Crippen LogP contribution in [0.1, 0.15) is 15.9 Å². The van der Waals surface area contributed by atoms with Gasteiger partial charge in [-0.1, -0.05) is 97.1 Å². The van der Waals surface area contributed by atoms with Gasteiger partial charge in [0.25, 0.3) is 0 Å². The Labute approximate surface area is 185 Å². The molecule has 32 heavy (non-hydrogen) atoms. The smallest absolute Gasteiger partial charge is 0.339 e. The molecule has 6 rings (SSSR count). The molecule has 152 valence electrons. The summed E-state index contributed by atoms with van der Waals surface area (Å²) in [6.07, 6.45) is 0. The summed E-state index contributed by atoms with van der Waals surface area (Å²) >= 11 is 0. The van der Waals surface area contributed by atoms with Gasteiger partial charge in [0, 0.05) is 0 Å². The van der Waals surface area contributed by atoms with Crippen molar-refractivity contribution < 1.29 is 9.53 Å². The normalized spacial score (nSPS) is 11.4. The third-order valence-electron chi connectivity index (χ3n) is 6.19. The predicted molar refractivity (Wildman–Crippen MR) is 132 cm³/mol. The van der Waals surface area contributed by atoms with E-state index in [4.69, 9.17) is 4.74 Å². The van der Waals surface area contributed by atoms with Crippen LogP contribution in [0.3, 0.4) is 0 Å². The quantitative estimate of drug-likeness (QED) is 0.169. The van der Waals surface area contributed by atoms with E-state index in [1.165, 1.54) is 10.8 Å². The predicted octanol–water partition coefficient (Wildman–Crippen LogP) is 7.66. The van der Waals surface area contributed by atoms with Crippen LogP contribution < -0.4 is 0 Å².